The molecule has 3 rings (SSSR count). The summed E-state index contributed by atoms with van der Waals surface area (Å²) in [4.78, 5) is 14.6. The van der Waals surface area contributed by atoms with Crippen LogP contribution < -0.4 is 5.32 Å². The van der Waals surface area contributed by atoms with E-state index in [-0.39, 0.29) is 24.4 Å². The van der Waals surface area contributed by atoms with Crippen LogP contribution in [0.25, 0.3) is 0 Å². The molecule has 2 heterocycles. The van der Waals surface area contributed by atoms with Crippen LogP contribution in [0.3, 0.4) is 0 Å². The van der Waals surface area contributed by atoms with Crippen molar-refractivity contribution < 1.29 is 4.79 Å². The highest BCUT2D eigenvalue weighted by atomic mass is 35.5. The molecule has 1 aromatic carbocycles. The Morgan fingerprint density at radius 1 is 1.39 bits per heavy atom. The molecule has 0 aliphatic carbocycles. The molecule has 1 atom stereocenters. The van der Waals surface area contributed by atoms with Crippen molar-refractivity contribution in [2.24, 2.45) is 0 Å². The number of hydrogen-bond acceptors (Lipinski definition) is 3. The fourth-order valence-corrected chi connectivity index (χ4v) is 3.75. The van der Waals surface area contributed by atoms with Gasteiger partial charge in [0.05, 0.1) is 6.04 Å². The number of nitrogens with one attached hydrogen (secondary N) is 1. The van der Waals surface area contributed by atoms with E-state index in [1.54, 1.807) is 11.3 Å². The first kappa shape index (κ1) is 18.3. The van der Waals surface area contributed by atoms with Gasteiger partial charge in [0, 0.05) is 31.1 Å². The SMILES string of the molecule is Cl.O=C(CCc1ccsc1)N1CCNCC1c1cccc(Cl)c1. The van der Waals surface area contributed by atoms with Gasteiger partial charge in [-0.05, 0) is 46.5 Å². The van der Waals surface area contributed by atoms with E-state index in [9.17, 15) is 4.79 Å². The predicted octanol–water partition coefficient (Wildman–Crippen LogP) is 3.93. The third-order valence-electron chi connectivity index (χ3n) is 4.00. The second kappa shape index (κ2) is 8.69. The number of rotatable bonds is 4. The predicted molar refractivity (Wildman–Crippen MR) is 98.7 cm³/mol. The molecule has 6 heteroatoms. The van der Waals surface area contributed by atoms with Crippen molar-refractivity contribution in [3.05, 3.63) is 57.2 Å². The maximum Gasteiger partial charge on any atom is 0.223 e. The molecular weight excluding hydrogens is 351 g/mol. The lowest BCUT2D eigenvalue weighted by Crippen LogP contribution is -2.48. The van der Waals surface area contributed by atoms with Crippen molar-refractivity contribution in [3.8, 4) is 0 Å². The fraction of sp³-hybridized carbons (Fsp3) is 0.353. The highest BCUT2D eigenvalue weighted by Gasteiger charge is 2.27. The van der Waals surface area contributed by atoms with Crippen LogP contribution in [-0.4, -0.2) is 30.4 Å². The third-order valence-corrected chi connectivity index (χ3v) is 4.97. The normalized spacial score (nSPS) is 17.6. The van der Waals surface area contributed by atoms with E-state index in [0.717, 1.165) is 31.6 Å². The molecule has 0 radical (unpaired) electrons. The van der Waals surface area contributed by atoms with Crippen LogP contribution in [0, 0.1) is 0 Å². The lowest BCUT2D eigenvalue weighted by atomic mass is 10.0. The van der Waals surface area contributed by atoms with Crippen LogP contribution in [0.5, 0.6) is 0 Å². The number of hydrogen-bond donors (Lipinski definition) is 1. The molecule has 1 aromatic heterocycles. The van der Waals surface area contributed by atoms with Gasteiger partial charge in [-0.2, -0.15) is 11.3 Å². The summed E-state index contributed by atoms with van der Waals surface area (Å²) in [5.41, 5.74) is 2.34. The van der Waals surface area contributed by atoms with Gasteiger partial charge in [0.25, 0.3) is 0 Å². The molecule has 1 N–H and O–H groups in total. The fourth-order valence-electron chi connectivity index (χ4n) is 2.84. The zero-order chi connectivity index (χ0) is 15.4. The summed E-state index contributed by atoms with van der Waals surface area (Å²) in [6.45, 7) is 2.38. The Balaban J connectivity index is 0.00000192. The molecule has 23 heavy (non-hydrogen) atoms. The van der Waals surface area contributed by atoms with E-state index < -0.39 is 0 Å². The first-order valence-corrected chi connectivity index (χ1v) is 8.83. The number of nitrogens with zero attached hydrogens (tertiary/aromatic N) is 1. The second-order valence-corrected chi connectivity index (χ2v) is 6.71. The molecule has 1 aliphatic heterocycles. The van der Waals surface area contributed by atoms with Gasteiger partial charge in [-0.3, -0.25) is 4.79 Å². The van der Waals surface area contributed by atoms with E-state index in [4.69, 9.17) is 11.6 Å². The molecule has 1 amide bonds. The molecule has 0 spiro atoms. The lowest BCUT2D eigenvalue weighted by Gasteiger charge is -2.36. The molecular formula is C17H20Cl2N2OS. The maximum atomic E-state index is 12.6. The van der Waals surface area contributed by atoms with Crippen LogP contribution in [0.4, 0.5) is 0 Å². The van der Waals surface area contributed by atoms with E-state index in [1.807, 2.05) is 29.2 Å². The minimum absolute atomic E-state index is 0. The summed E-state index contributed by atoms with van der Waals surface area (Å²) < 4.78 is 0. The van der Waals surface area contributed by atoms with E-state index in [2.05, 4.69) is 22.1 Å². The average Bonchev–Trinajstić information content (AvgIpc) is 3.06. The minimum atomic E-state index is 0. The van der Waals surface area contributed by atoms with Gasteiger partial charge in [-0.25, -0.2) is 0 Å². The first-order chi connectivity index (χ1) is 10.7. The summed E-state index contributed by atoms with van der Waals surface area (Å²) in [7, 11) is 0. The Morgan fingerprint density at radius 3 is 3.00 bits per heavy atom. The average molecular weight is 371 g/mol. The molecule has 0 saturated carbocycles. The Labute approximate surface area is 152 Å². The largest absolute Gasteiger partial charge is 0.333 e. The minimum Gasteiger partial charge on any atom is -0.333 e. The topological polar surface area (TPSA) is 32.3 Å². The van der Waals surface area contributed by atoms with Crippen molar-refractivity contribution in [2.45, 2.75) is 18.9 Å². The van der Waals surface area contributed by atoms with E-state index in [1.165, 1.54) is 5.56 Å². The van der Waals surface area contributed by atoms with Gasteiger partial charge >= 0.3 is 0 Å². The Morgan fingerprint density at radius 2 is 2.26 bits per heavy atom. The number of amides is 1. The standard InChI is InChI=1S/C17H19ClN2OS.ClH/c18-15-3-1-2-14(10-15)16-11-19-7-8-20(16)17(21)5-4-13-6-9-22-12-13;/h1-3,6,9-10,12,16,19H,4-5,7-8,11H2;1H. The van der Waals surface area contributed by atoms with Crippen LogP contribution in [0.1, 0.15) is 23.6 Å². The third kappa shape index (κ3) is 4.70. The monoisotopic (exact) mass is 370 g/mol. The number of aryl methyl sites for hydroxylation is 1. The van der Waals surface area contributed by atoms with Crippen molar-refractivity contribution in [1.29, 1.82) is 0 Å². The molecule has 1 saturated heterocycles. The number of halogens is 2. The van der Waals surface area contributed by atoms with Gasteiger partial charge < -0.3 is 10.2 Å². The van der Waals surface area contributed by atoms with Gasteiger partial charge in [-0.15, -0.1) is 12.4 Å². The highest BCUT2D eigenvalue weighted by Crippen LogP contribution is 2.25. The summed E-state index contributed by atoms with van der Waals surface area (Å²) in [6.07, 6.45) is 1.38. The van der Waals surface area contributed by atoms with E-state index in [0.29, 0.717) is 11.4 Å². The summed E-state index contributed by atoms with van der Waals surface area (Å²) >= 11 is 7.77. The van der Waals surface area contributed by atoms with Gasteiger partial charge in [0.2, 0.25) is 5.91 Å². The smallest absolute Gasteiger partial charge is 0.223 e. The number of thiophene rings is 1. The molecule has 1 fully saturated rings. The quantitative estimate of drug-likeness (QED) is 0.883. The van der Waals surface area contributed by atoms with E-state index >= 15 is 0 Å². The van der Waals surface area contributed by atoms with Gasteiger partial charge in [0.1, 0.15) is 0 Å². The molecule has 1 aliphatic rings. The van der Waals surface area contributed by atoms with Crippen LogP contribution >= 0.6 is 35.3 Å². The lowest BCUT2D eigenvalue weighted by molar-refractivity contribution is -0.134. The van der Waals surface area contributed by atoms with Crippen LogP contribution in [0.15, 0.2) is 41.1 Å². The number of carbonyl (C=O) groups excluding carboxylic acids is 1. The van der Waals surface area contributed by atoms with Crippen molar-refractivity contribution in [3.63, 3.8) is 0 Å². The second-order valence-electron chi connectivity index (χ2n) is 5.49. The Kier molecular flexibility index (Phi) is 6.90. The van der Waals surface area contributed by atoms with Crippen molar-refractivity contribution in [2.75, 3.05) is 19.6 Å². The molecule has 0 bridgehead atoms. The van der Waals surface area contributed by atoms with Gasteiger partial charge in [-0.1, -0.05) is 23.7 Å². The van der Waals surface area contributed by atoms with Gasteiger partial charge in [0.15, 0.2) is 0 Å². The molecule has 2 aromatic rings. The van der Waals surface area contributed by atoms with Crippen LogP contribution in [0.2, 0.25) is 5.02 Å². The first-order valence-electron chi connectivity index (χ1n) is 7.51. The highest BCUT2D eigenvalue weighted by molar-refractivity contribution is 7.07. The summed E-state index contributed by atoms with van der Waals surface area (Å²) in [5.74, 6) is 0.220. The van der Waals surface area contributed by atoms with Crippen LogP contribution in [-0.2, 0) is 11.2 Å². The number of piperazine rings is 1. The molecule has 124 valence electrons. The molecule has 3 nitrogen and oxygen atoms in total. The Hall–Kier alpha value is -1.07. The number of benzene rings is 1. The van der Waals surface area contributed by atoms with Crippen molar-refractivity contribution in [1.82, 2.24) is 10.2 Å². The maximum absolute atomic E-state index is 12.6. The molecule has 1 unspecified atom stereocenters. The summed E-state index contributed by atoms with van der Waals surface area (Å²) in [5, 5.41) is 8.25. The zero-order valence-electron chi connectivity index (χ0n) is 12.7. The zero-order valence-corrected chi connectivity index (χ0v) is 15.1. The number of carbonyl (C=O) groups is 1. The van der Waals surface area contributed by atoms with Crippen molar-refractivity contribution >= 4 is 41.3 Å². The Bertz CT molecular complexity index is 633. The summed E-state index contributed by atoms with van der Waals surface area (Å²) in [6, 6.07) is 9.97.